The summed E-state index contributed by atoms with van der Waals surface area (Å²) in [6, 6.07) is 3.55. The quantitative estimate of drug-likeness (QED) is 0.847. The molecule has 27 heavy (non-hydrogen) atoms. The molecule has 3 heterocycles. The first-order chi connectivity index (χ1) is 13.0. The summed E-state index contributed by atoms with van der Waals surface area (Å²) in [6.07, 6.45) is 9.43. The fourth-order valence-corrected chi connectivity index (χ4v) is 5.60. The van der Waals surface area contributed by atoms with Crippen LogP contribution in [0.15, 0.2) is 29.4 Å². The van der Waals surface area contributed by atoms with Gasteiger partial charge in [-0.15, -0.1) is 0 Å². The SMILES string of the molecule is Cn1cc(S(=O)(=O)N2CCCC2)cc1C(=O)Nc1ccnn1C1CCCC1. The highest BCUT2D eigenvalue weighted by Gasteiger charge is 2.29. The molecule has 1 amide bonds. The Morgan fingerprint density at radius 3 is 2.59 bits per heavy atom. The minimum absolute atomic E-state index is 0.168. The van der Waals surface area contributed by atoms with Crippen LogP contribution in [0.25, 0.3) is 0 Å². The van der Waals surface area contributed by atoms with Gasteiger partial charge in [0.1, 0.15) is 16.4 Å². The molecule has 1 aliphatic carbocycles. The maximum Gasteiger partial charge on any atom is 0.273 e. The third-order valence-electron chi connectivity index (χ3n) is 5.50. The molecule has 0 aromatic carbocycles. The Kier molecular flexibility index (Phi) is 4.81. The monoisotopic (exact) mass is 391 g/mol. The molecule has 2 aliphatic rings. The van der Waals surface area contributed by atoms with Crippen LogP contribution in [-0.2, 0) is 17.1 Å². The van der Waals surface area contributed by atoms with E-state index in [-0.39, 0.29) is 10.8 Å². The fourth-order valence-electron chi connectivity index (χ4n) is 4.01. The van der Waals surface area contributed by atoms with Crippen molar-refractivity contribution in [2.75, 3.05) is 18.4 Å². The van der Waals surface area contributed by atoms with Gasteiger partial charge in [0.05, 0.1) is 12.2 Å². The molecule has 0 unspecified atom stereocenters. The summed E-state index contributed by atoms with van der Waals surface area (Å²) >= 11 is 0. The zero-order chi connectivity index (χ0) is 19.0. The molecule has 2 fully saturated rings. The number of carbonyl (C=O) groups is 1. The molecule has 1 saturated heterocycles. The van der Waals surface area contributed by atoms with Crippen LogP contribution in [0.3, 0.4) is 0 Å². The minimum atomic E-state index is -3.54. The van der Waals surface area contributed by atoms with Crippen molar-refractivity contribution in [2.45, 2.75) is 49.5 Å². The minimum Gasteiger partial charge on any atom is -0.345 e. The molecule has 2 aromatic rings. The molecule has 0 spiro atoms. The van der Waals surface area contributed by atoms with Crippen molar-refractivity contribution in [1.29, 1.82) is 0 Å². The van der Waals surface area contributed by atoms with Gasteiger partial charge in [0, 0.05) is 32.4 Å². The molecule has 1 aliphatic heterocycles. The third-order valence-corrected chi connectivity index (χ3v) is 7.36. The van der Waals surface area contributed by atoms with E-state index in [9.17, 15) is 13.2 Å². The van der Waals surface area contributed by atoms with Crippen LogP contribution in [0.4, 0.5) is 5.82 Å². The molecule has 146 valence electrons. The van der Waals surface area contributed by atoms with Crippen LogP contribution in [0, 0.1) is 0 Å². The smallest absolute Gasteiger partial charge is 0.273 e. The van der Waals surface area contributed by atoms with Crippen LogP contribution >= 0.6 is 0 Å². The average Bonchev–Trinajstić information content (AvgIpc) is 3.41. The van der Waals surface area contributed by atoms with E-state index in [0.717, 1.165) is 25.7 Å². The number of hydrogen-bond donors (Lipinski definition) is 1. The first-order valence-electron chi connectivity index (χ1n) is 9.48. The zero-order valence-corrected chi connectivity index (χ0v) is 16.3. The van der Waals surface area contributed by atoms with Crippen LogP contribution in [-0.4, -0.2) is 46.1 Å². The Morgan fingerprint density at radius 2 is 1.89 bits per heavy atom. The van der Waals surface area contributed by atoms with Gasteiger partial charge in [-0.25, -0.2) is 13.1 Å². The van der Waals surface area contributed by atoms with Crippen molar-refractivity contribution in [2.24, 2.45) is 7.05 Å². The topological polar surface area (TPSA) is 89.2 Å². The Bertz CT molecular complexity index is 934. The van der Waals surface area contributed by atoms with Gasteiger partial charge in [-0.2, -0.15) is 9.40 Å². The lowest BCUT2D eigenvalue weighted by molar-refractivity contribution is 0.101. The molecule has 1 saturated carbocycles. The van der Waals surface area contributed by atoms with Gasteiger partial charge >= 0.3 is 0 Å². The van der Waals surface area contributed by atoms with Crippen LogP contribution in [0.1, 0.15) is 55.1 Å². The lowest BCUT2D eigenvalue weighted by Gasteiger charge is -2.14. The second-order valence-corrected chi connectivity index (χ2v) is 9.27. The van der Waals surface area contributed by atoms with Crippen molar-refractivity contribution in [3.63, 3.8) is 0 Å². The number of sulfonamides is 1. The molecular formula is C18H25N5O3S. The summed E-state index contributed by atoms with van der Waals surface area (Å²) in [5.41, 5.74) is 0.312. The average molecular weight is 391 g/mol. The predicted octanol–water partition coefficient (Wildman–Crippen LogP) is 2.37. The molecule has 9 heteroatoms. The Hall–Kier alpha value is -2.13. The van der Waals surface area contributed by atoms with E-state index in [1.807, 2.05) is 4.68 Å². The van der Waals surface area contributed by atoms with E-state index in [2.05, 4.69) is 10.4 Å². The van der Waals surface area contributed by atoms with Gasteiger partial charge in [-0.3, -0.25) is 4.79 Å². The van der Waals surface area contributed by atoms with E-state index in [1.54, 1.807) is 23.9 Å². The van der Waals surface area contributed by atoms with Gasteiger partial charge in [0.2, 0.25) is 10.0 Å². The first-order valence-corrected chi connectivity index (χ1v) is 10.9. The summed E-state index contributed by atoms with van der Waals surface area (Å²) in [6.45, 7) is 1.08. The standard InChI is InChI=1S/C18H25N5O3S/c1-21-13-15(27(25,26)22-10-4-5-11-22)12-16(21)18(24)20-17-8-9-19-23(17)14-6-2-3-7-14/h8-9,12-14H,2-7,10-11H2,1H3,(H,20,24). The number of nitrogens with zero attached hydrogens (tertiary/aromatic N) is 4. The van der Waals surface area contributed by atoms with Crippen molar-refractivity contribution in [3.8, 4) is 0 Å². The Labute approximate surface area is 159 Å². The second-order valence-electron chi connectivity index (χ2n) is 7.34. The Balaban J connectivity index is 1.55. The number of hydrogen-bond acceptors (Lipinski definition) is 4. The van der Waals surface area contributed by atoms with Crippen molar-refractivity contribution < 1.29 is 13.2 Å². The highest BCUT2D eigenvalue weighted by molar-refractivity contribution is 7.89. The molecule has 8 nitrogen and oxygen atoms in total. The third kappa shape index (κ3) is 3.41. The fraction of sp³-hybridized carbons (Fsp3) is 0.556. The van der Waals surface area contributed by atoms with E-state index >= 15 is 0 Å². The highest BCUT2D eigenvalue weighted by Crippen LogP contribution is 2.31. The van der Waals surface area contributed by atoms with Crippen LogP contribution in [0.5, 0.6) is 0 Å². The van der Waals surface area contributed by atoms with E-state index in [0.29, 0.717) is 30.6 Å². The molecule has 0 atom stereocenters. The maximum absolute atomic E-state index is 12.8. The first kappa shape index (κ1) is 18.2. The van der Waals surface area contributed by atoms with Crippen molar-refractivity contribution in [3.05, 3.63) is 30.2 Å². The van der Waals surface area contributed by atoms with Gasteiger partial charge in [0.15, 0.2) is 0 Å². The summed E-state index contributed by atoms with van der Waals surface area (Å²) in [4.78, 5) is 12.9. The second kappa shape index (κ2) is 7.12. The van der Waals surface area contributed by atoms with E-state index < -0.39 is 10.0 Å². The number of rotatable bonds is 5. The van der Waals surface area contributed by atoms with E-state index in [4.69, 9.17) is 0 Å². The van der Waals surface area contributed by atoms with Gasteiger partial charge < -0.3 is 9.88 Å². The van der Waals surface area contributed by atoms with Crippen LogP contribution < -0.4 is 5.32 Å². The molecule has 4 rings (SSSR count). The van der Waals surface area contributed by atoms with Crippen molar-refractivity contribution >= 4 is 21.7 Å². The molecular weight excluding hydrogens is 366 g/mol. The van der Waals surface area contributed by atoms with Crippen molar-refractivity contribution in [1.82, 2.24) is 18.7 Å². The summed E-state index contributed by atoms with van der Waals surface area (Å²) in [7, 11) is -1.86. The highest BCUT2D eigenvalue weighted by atomic mass is 32.2. The molecule has 1 N–H and O–H groups in total. The van der Waals surface area contributed by atoms with Gasteiger partial charge in [-0.1, -0.05) is 12.8 Å². The number of carbonyl (C=O) groups excluding carboxylic acids is 1. The predicted molar refractivity (Wildman–Crippen MR) is 101 cm³/mol. The Morgan fingerprint density at radius 1 is 1.19 bits per heavy atom. The maximum atomic E-state index is 12.8. The molecule has 0 bridgehead atoms. The summed E-state index contributed by atoms with van der Waals surface area (Å²) < 4.78 is 30.4. The van der Waals surface area contributed by atoms with Gasteiger partial charge in [-0.05, 0) is 31.7 Å². The number of aryl methyl sites for hydroxylation is 1. The lowest BCUT2D eigenvalue weighted by Crippen LogP contribution is -2.27. The van der Waals surface area contributed by atoms with Crippen LogP contribution in [0.2, 0.25) is 0 Å². The molecule has 0 radical (unpaired) electrons. The molecule has 2 aromatic heterocycles. The largest absolute Gasteiger partial charge is 0.345 e. The number of anilines is 1. The normalized spacial score (nSPS) is 19.0. The number of nitrogens with one attached hydrogen (secondary N) is 1. The zero-order valence-electron chi connectivity index (χ0n) is 15.5. The summed E-state index contributed by atoms with van der Waals surface area (Å²) in [5.74, 6) is 0.317. The summed E-state index contributed by atoms with van der Waals surface area (Å²) in [5, 5.41) is 7.25. The van der Waals surface area contributed by atoms with Gasteiger partial charge in [0.25, 0.3) is 5.91 Å². The number of aromatic nitrogens is 3. The number of amides is 1. The lowest BCUT2D eigenvalue weighted by atomic mass is 10.2. The van der Waals surface area contributed by atoms with E-state index in [1.165, 1.54) is 29.4 Å².